The fourth-order valence-electron chi connectivity index (χ4n) is 4.85. The molecule has 2 aromatic rings. The number of aliphatic hydroxyl groups excluding tert-OH is 1. The summed E-state index contributed by atoms with van der Waals surface area (Å²) in [5, 5.41) is 28.6. The highest BCUT2D eigenvalue weighted by molar-refractivity contribution is 6.36. The Balaban J connectivity index is 1.63. The van der Waals surface area contributed by atoms with E-state index in [1.807, 2.05) is 6.92 Å². The van der Waals surface area contributed by atoms with E-state index in [0.717, 1.165) is 25.7 Å². The number of halogens is 3. The number of carbonyl (C=O) groups is 1. The summed E-state index contributed by atoms with van der Waals surface area (Å²) < 4.78 is 32.9. The maximum Gasteiger partial charge on any atom is 0.387 e. The van der Waals surface area contributed by atoms with Gasteiger partial charge in [0.1, 0.15) is 5.75 Å². The Morgan fingerprint density at radius 2 is 1.97 bits per heavy atom. The molecule has 1 heterocycles. The number of benzene rings is 1. The van der Waals surface area contributed by atoms with Gasteiger partial charge >= 0.3 is 6.61 Å². The smallest absolute Gasteiger partial charge is 0.387 e. The minimum atomic E-state index is -3.09. The van der Waals surface area contributed by atoms with Crippen LogP contribution in [0.1, 0.15) is 81.5 Å². The number of nitrogens with one attached hydrogen (secondary N) is 1. The molecule has 2 fully saturated rings. The standard InChI is InChI=1S/C26H34ClF2N3O4/c1-4-32-21(17-6-5-16(13-18(17)36-24(28)29)22(33)25(3)11-12-25)19(27)20(31-32)23(34)30-14-26(35)9-7-15(2)8-10-26/h5-6,13,15,22,24,33,35H,4,7-12,14H2,1-3H3,(H,30,34). The summed E-state index contributed by atoms with van der Waals surface area (Å²) in [6.45, 7) is 3.18. The van der Waals surface area contributed by atoms with Gasteiger partial charge in [-0.15, -0.1) is 0 Å². The summed E-state index contributed by atoms with van der Waals surface area (Å²) in [5.74, 6) is -0.159. The van der Waals surface area contributed by atoms with E-state index in [9.17, 15) is 23.8 Å². The molecule has 0 aliphatic heterocycles. The van der Waals surface area contributed by atoms with Crippen molar-refractivity contribution in [3.05, 3.63) is 34.5 Å². The lowest BCUT2D eigenvalue weighted by Gasteiger charge is -2.34. The number of ether oxygens (including phenoxy) is 1. The molecule has 1 aromatic carbocycles. The molecule has 1 aromatic heterocycles. The molecular weight excluding hydrogens is 492 g/mol. The number of hydrogen-bond acceptors (Lipinski definition) is 5. The number of nitrogens with zero attached hydrogens (tertiary/aromatic N) is 2. The largest absolute Gasteiger partial charge is 0.434 e. The molecule has 0 bridgehead atoms. The maximum atomic E-state index is 13.3. The van der Waals surface area contributed by atoms with Crippen LogP contribution in [0.15, 0.2) is 18.2 Å². The fourth-order valence-corrected chi connectivity index (χ4v) is 5.17. The summed E-state index contributed by atoms with van der Waals surface area (Å²) in [7, 11) is 0. The van der Waals surface area contributed by atoms with Gasteiger partial charge in [0, 0.05) is 18.7 Å². The van der Waals surface area contributed by atoms with Gasteiger partial charge in [0.15, 0.2) is 5.69 Å². The Morgan fingerprint density at radius 3 is 2.56 bits per heavy atom. The first-order valence-electron chi connectivity index (χ1n) is 12.5. The molecule has 0 radical (unpaired) electrons. The second kappa shape index (κ2) is 10.3. The number of carbonyl (C=O) groups excluding carboxylic acids is 1. The highest BCUT2D eigenvalue weighted by atomic mass is 35.5. The number of aromatic nitrogens is 2. The molecule has 0 saturated heterocycles. The van der Waals surface area contributed by atoms with Gasteiger partial charge < -0.3 is 20.3 Å². The number of rotatable bonds is 9. The molecule has 1 unspecified atom stereocenters. The van der Waals surface area contributed by atoms with E-state index in [0.29, 0.717) is 30.9 Å². The number of amides is 1. The van der Waals surface area contributed by atoms with E-state index >= 15 is 0 Å². The van der Waals surface area contributed by atoms with E-state index in [1.165, 1.54) is 10.7 Å². The molecule has 36 heavy (non-hydrogen) atoms. The van der Waals surface area contributed by atoms with Crippen LogP contribution in [-0.4, -0.2) is 44.7 Å². The molecule has 10 heteroatoms. The van der Waals surface area contributed by atoms with E-state index < -0.39 is 24.2 Å². The zero-order valence-electron chi connectivity index (χ0n) is 20.9. The van der Waals surface area contributed by atoms with Crippen LogP contribution in [0.2, 0.25) is 5.02 Å². The average molecular weight is 526 g/mol. The van der Waals surface area contributed by atoms with Crippen LogP contribution in [0, 0.1) is 11.3 Å². The van der Waals surface area contributed by atoms with E-state index in [-0.39, 0.29) is 39.7 Å². The summed E-state index contributed by atoms with van der Waals surface area (Å²) in [6, 6.07) is 4.62. The topological polar surface area (TPSA) is 96.6 Å². The van der Waals surface area contributed by atoms with E-state index in [2.05, 4.69) is 17.3 Å². The van der Waals surface area contributed by atoms with Crippen LogP contribution >= 0.6 is 11.6 Å². The number of aliphatic hydroxyl groups is 2. The molecule has 0 spiro atoms. The summed E-state index contributed by atoms with van der Waals surface area (Å²) in [5.41, 5.74) is -0.329. The fraction of sp³-hybridized carbons (Fsp3) is 0.615. The molecule has 2 aliphatic carbocycles. The van der Waals surface area contributed by atoms with Crippen molar-refractivity contribution in [2.75, 3.05) is 6.54 Å². The average Bonchev–Trinajstić information content (AvgIpc) is 3.51. The van der Waals surface area contributed by atoms with Crippen LogP contribution in [0.4, 0.5) is 8.78 Å². The van der Waals surface area contributed by atoms with Crippen LogP contribution in [0.25, 0.3) is 11.3 Å². The summed E-state index contributed by atoms with van der Waals surface area (Å²) in [4.78, 5) is 13.0. The van der Waals surface area contributed by atoms with Gasteiger partial charge in [-0.1, -0.05) is 31.5 Å². The first-order valence-corrected chi connectivity index (χ1v) is 12.9. The van der Waals surface area contributed by atoms with Gasteiger partial charge in [0.2, 0.25) is 0 Å². The van der Waals surface area contributed by atoms with Crippen molar-refractivity contribution in [1.82, 2.24) is 15.1 Å². The molecule has 2 saturated carbocycles. The first kappa shape index (κ1) is 26.8. The van der Waals surface area contributed by atoms with Gasteiger partial charge in [0.05, 0.1) is 22.4 Å². The minimum absolute atomic E-state index is 0.000163. The van der Waals surface area contributed by atoms with Crippen LogP contribution < -0.4 is 10.1 Å². The quantitative estimate of drug-likeness (QED) is 0.411. The van der Waals surface area contributed by atoms with Crippen molar-refractivity contribution < 1.29 is 28.5 Å². The van der Waals surface area contributed by atoms with E-state index in [4.69, 9.17) is 16.3 Å². The zero-order chi connectivity index (χ0) is 26.3. The van der Waals surface area contributed by atoms with Crippen molar-refractivity contribution in [2.45, 2.75) is 84.2 Å². The molecule has 198 valence electrons. The van der Waals surface area contributed by atoms with Crippen molar-refractivity contribution in [2.24, 2.45) is 11.3 Å². The van der Waals surface area contributed by atoms with E-state index in [1.54, 1.807) is 19.1 Å². The third kappa shape index (κ3) is 5.53. The molecule has 2 aliphatic rings. The lowest BCUT2D eigenvalue weighted by Crippen LogP contribution is -2.45. The summed E-state index contributed by atoms with van der Waals surface area (Å²) in [6.07, 6.45) is 3.86. The van der Waals surface area contributed by atoms with Gasteiger partial charge in [0.25, 0.3) is 5.91 Å². The molecule has 1 amide bonds. The zero-order valence-corrected chi connectivity index (χ0v) is 21.6. The molecule has 7 nitrogen and oxygen atoms in total. The predicted octanol–water partition coefficient (Wildman–Crippen LogP) is 5.33. The Labute approximate surface area is 214 Å². The molecule has 1 atom stereocenters. The SMILES string of the molecule is CCn1nc(C(=O)NCC2(O)CCC(C)CC2)c(Cl)c1-c1ccc(C(O)C2(C)CC2)cc1OC(F)F. The monoisotopic (exact) mass is 525 g/mol. The van der Waals surface area contributed by atoms with Crippen LogP contribution in [0.3, 0.4) is 0 Å². The second-order valence-corrected chi connectivity index (χ2v) is 11.0. The Kier molecular flexibility index (Phi) is 7.65. The van der Waals surface area contributed by atoms with Crippen molar-refractivity contribution in [3.8, 4) is 17.0 Å². The first-order chi connectivity index (χ1) is 17.0. The number of alkyl halides is 2. The second-order valence-electron chi connectivity index (χ2n) is 10.6. The molecule has 3 N–H and O–H groups in total. The third-order valence-corrected chi connectivity index (χ3v) is 8.04. The highest BCUT2D eigenvalue weighted by Crippen LogP contribution is 2.55. The molecular formula is C26H34ClF2N3O4. The van der Waals surface area contributed by atoms with Gasteiger partial charge in [-0.2, -0.15) is 13.9 Å². The van der Waals surface area contributed by atoms with Crippen molar-refractivity contribution in [1.29, 1.82) is 0 Å². The van der Waals surface area contributed by atoms with Crippen molar-refractivity contribution in [3.63, 3.8) is 0 Å². The van der Waals surface area contributed by atoms with Crippen molar-refractivity contribution >= 4 is 17.5 Å². The van der Waals surface area contributed by atoms with Gasteiger partial charge in [-0.05, 0) is 74.5 Å². The third-order valence-electron chi connectivity index (χ3n) is 7.68. The van der Waals surface area contributed by atoms with Crippen LogP contribution in [0.5, 0.6) is 5.75 Å². The van der Waals surface area contributed by atoms with Gasteiger partial charge in [-0.25, -0.2) is 0 Å². The lowest BCUT2D eigenvalue weighted by atomic mass is 9.79. The summed E-state index contributed by atoms with van der Waals surface area (Å²) >= 11 is 6.61. The Morgan fingerprint density at radius 1 is 1.31 bits per heavy atom. The normalized spacial score (nSPS) is 24.0. The minimum Gasteiger partial charge on any atom is -0.434 e. The lowest BCUT2D eigenvalue weighted by molar-refractivity contribution is -0.0496. The highest BCUT2D eigenvalue weighted by Gasteiger charge is 2.45. The number of hydrogen-bond donors (Lipinski definition) is 3. The Bertz CT molecular complexity index is 1110. The number of aryl methyl sites for hydroxylation is 1. The molecule has 4 rings (SSSR count). The predicted molar refractivity (Wildman–Crippen MR) is 132 cm³/mol. The van der Waals surface area contributed by atoms with Crippen LogP contribution in [-0.2, 0) is 6.54 Å². The van der Waals surface area contributed by atoms with Gasteiger partial charge in [-0.3, -0.25) is 9.48 Å². The Hall–Kier alpha value is -2.23. The maximum absolute atomic E-state index is 13.3.